The first-order valence-corrected chi connectivity index (χ1v) is 8.09. The van der Waals surface area contributed by atoms with Crippen molar-refractivity contribution in [2.75, 3.05) is 26.3 Å². The molecule has 1 aromatic heterocycles. The smallest absolute Gasteiger partial charge is 0.138 e. The van der Waals surface area contributed by atoms with E-state index in [0.717, 1.165) is 44.3 Å². The molecule has 0 aliphatic carbocycles. The van der Waals surface area contributed by atoms with E-state index in [2.05, 4.69) is 10.1 Å². The van der Waals surface area contributed by atoms with Crippen LogP contribution in [0.2, 0.25) is 0 Å². The summed E-state index contributed by atoms with van der Waals surface area (Å²) in [7, 11) is 0. The average Bonchev–Trinajstić information content (AvgIpc) is 3.19. The van der Waals surface area contributed by atoms with Crippen LogP contribution in [-0.4, -0.2) is 48.6 Å². The number of hydrogen-bond donors (Lipinski definition) is 0. The molecule has 0 radical (unpaired) electrons. The Kier molecular flexibility index (Phi) is 4.93. The second-order valence-corrected chi connectivity index (χ2v) is 6.27. The molecule has 1 aromatic rings. The zero-order valence-electron chi connectivity index (χ0n) is 13.1. The Morgan fingerprint density at radius 1 is 1.05 bits per heavy atom. The monoisotopic (exact) mass is 294 g/mol. The summed E-state index contributed by atoms with van der Waals surface area (Å²) in [5, 5.41) is 4.07. The number of hydrogen-bond acceptors (Lipinski definition) is 5. The first-order valence-electron chi connectivity index (χ1n) is 8.09. The van der Waals surface area contributed by atoms with Crippen LogP contribution in [0.5, 0.6) is 0 Å². The lowest BCUT2D eigenvalue weighted by Crippen LogP contribution is -2.37. The summed E-state index contributed by atoms with van der Waals surface area (Å²) in [6.07, 6.45) is 5.44. The maximum absolute atomic E-state index is 5.81. The second-order valence-electron chi connectivity index (χ2n) is 6.27. The van der Waals surface area contributed by atoms with Crippen LogP contribution < -0.4 is 0 Å². The molecule has 0 N–H and O–H groups in total. The number of ether oxygens (including phenoxy) is 2. The van der Waals surface area contributed by atoms with Gasteiger partial charge in [0.1, 0.15) is 5.76 Å². The summed E-state index contributed by atoms with van der Waals surface area (Å²) in [4.78, 5) is 2.46. The molecule has 2 atom stereocenters. The third-order valence-corrected chi connectivity index (χ3v) is 4.53. The molecule has 5 nitrogen and oxygen atoms in total. The van der Waals surface area contributed by atoms with E-state index in [1.165, 1.54) is 31.2 Å². The van der Waals surface area contributed by atoms with Crippen molar-refractivity contribution in [1.29, 1.82) is 0 Å². The largest absolute Gasteiger partial charge is 0.377 e. The topological polar surface area (TPSA) is 47.7 Å². The molecule has 2 aliphatic rings. The van der Waals surface area contributed by atoms with Crippen LogP contribution in [0.3, 0.4) is 0 Å². The first-order chi connectivity index (χ1) is 10.2. The van der Waals surface area contributed by atoms with Gasteiger partial charge in [0.05, 0.1) is 17.9 Å². The molecule has 0 aromatic carbocycles. The predicted octanol–water partition coefficient (Wildman–Crippen LogP) is 2.45. The molecule has 0 bridgehead atoms. The van der Waals surface area contributed by atoms with Crippen molar-refractivity contribution in [2.24, 2.45) is 0 Å². The highest BCUT2D eigenvalue weighted by Crippen LogP contribution is 2.21. The second kappa shape index (κ2) is 6.90. The van der Waals surface area contributed by atoms with Crippen LogP contribution in [0.25, 0.3) is 0 Å². The number of rotatable bonds is 6. The van der Waals surface area contributed by atoms with E-state index >= 15 is 0 Å². The molecular formula is C16H26N2O3. The highest BCUT2D eigenvalue weighted by molar-refractivity contribution is 5.20. The van der Waals surface area contributed by atoms with E-state index < -0.39 is 0 Å². The Hall–Kier alpha value is -0.910. The minimum absolute atomic E-state index is 0.367. The Morgan fingerprint density at radius 2 is 1.67 bits per heavy atom. The molecule has 0 unspecified atom stereocenters. The van der Waals surface area contributed by atoms with E-state index in [4.69, 9.17) is 14.0 Å². The van der Waals surface area contributed by atoms with Crippen LogP contribution in [0, 0.1) is 13.8 Å². The fraction of sp³-hybridized carbons (Fsp3) is 0.812. The molecule has 3 heterocycles. The van der Waals surface area contributed by atoms with Crippen LogP contribution in [0.1, 0.15) is 42.7 Å². The summed E-state index contributed by atoms with van der Waals surface area (Å²) >= 11 is 0. The Balaban J connectivity index is 1.64. The molecule has 3 rings (SSSR count). The standard InChI is InChI=1S/C16H26N2O3/c1-12-16(13(2)21-17-12)11-18(9-14-5-3-7-19-14)10-15-6-4-8-20-15/h14-15H,3-11H2,1-2H3/t14-,15-/m0/s1. The van der Waals surface area contributed by atoms with Gasteiger partial charge in [-0.3, -0.25) is 4.90 Å². The van der Waals surface area contributed by atoms with Crippen molar-refractivity contribution in [1.82, 2.24) is 10.1 Å². The number of aryl methyl sites for hydroxylation is 2. The Morgan fingerprint density at radius 3 is 2.10 bits per heavy atom. The lowest BCUT2D eigenvalue weighted by Gasteiger charge is -2.27. The molecule has 21 heavy (non-hydrogen) atoms. The van der Waals surface area contributed by atoms with Crippen molar-refractivity contribution < 1.29 is 14.0 Å². The summed E-state index contributed by atoms with van der Waals surface area (Å²) < 4.78 is 16.9. The van der Waals surface area contributed by atoms with Gasteiger partial charge in [0.2, 0.25) is 0 Å². The molecule has 0 saturated carbocycles. The van der Waals surface area contributed by atoms with Crippen molar-refractivity contribution in [2.45, 2.75) is 58.3 Å². The molecule has 118 valence electrons. The highest BCUT2D eigenvalue weighted by Gasteiger charge is 2.25. The number of aromatic nitrogens is 1. The Bertz CT molecular complexity index is 411. The third kappa shape index (κ3) is 3.84. The van der Waals surface area contributed by atoms with Gasteiger partial charge in [0.25, 0.3) is 0 Å². The van der Waals surface area contributed by atoms with Gasteiger partial charge >= 0.3 is 0 Å². The maximum Gasteiger partial charge on any atom is 0.138 e. The van der Waals surface area contributed by atoms with Crippen molar-refractivity contribution >= 4 is 0 Å². The molecular weight excluding hydrogens is 268 g/mol. The van der Waals surface area contributed by atoms with E-state index in [9.17, 15) is 0 Å². The quantitative estimate of drug-likeness (QED) is 0.806. The molecule has 5 heteroatoms. The zero-order chi connectivity index (χ0) is 14.7. The van der Waals surface area contributed by atoms with Crippen LogP contribution in [0.4, 0.5) is 0 Å². The summed E-state index contributed by atoms with van der Waals surface area (Å²) in [5.74, 6) is 0.928. The fourth-order valence-corrected chi connectivity index (χ4v) is 3.31. The maximum atomic E-state index is 5.81. The summed E-state index contributed by atoms with van der Waals surface area (Å²) in [6.45, 7) is 8.65. The predicted molar refractivity (Wildman–Crippen MR) is 79.2 cm³/mol. The number of nitrogens with zero attached hydrogens (tertiary/aromatic N) is 2. The summed E-state index contributed by atoms with van der Waals surface area (Å²) in [5.41, 5.74) is 2.21. The van der Waals surface area contributed by atoms with Gasteiger partial charge in [0, 0.05) is 38.4 Å². The minimum Gasteiger partial charge on any atom is -0.377 e. The lowest BCUT2D eigenvalue weighted by molar-refractivity contribution is 0.0343. The SMILES string of the molecule is Cc1noc(C)c1CN(C[C@@H]1CCCO1)C[C@@H]1CCCO1. The van der Waals surface area contributed by atoms with Gasteiger partial charge in [-0.15, -0.1) is 0 Å². The molecule has 2 fully saturated rings. The molecule has 2 aliphatic heterocycles. The van der Waals surface area contributed by atoms with E-state index in [1.807, 2.05) is 13.8 Å². The molecule has 0 amide bonds. The Labute approximate surface area is 126 Å². The van der Waals surface area contributed by atoms with Crippen LogP contribution in [-0.2, 0) is 16.0 Å². The van der Waals surface area contributed by atoms with E-state index in [1.54, 1.807) is 0 Å². The van der Waals surface area contributed by atoms with Gasteiger partial charge in [0.15, 0.2) is 0 Å². The van der Waals surface area contributed by atoms with Gasteiger partial charge in [-0.25, -0.2) is 0 Å². The van der Waals surface area contributed by atoms with Crippen molar-refractivity contribution in [3.63, 3.8) is 0 Å². The average molecular weight is 294 g/mol. The zero-order valence-corrected chi connectivity index (χ0v) is 13.1. The van der Waals surface area contributed by atoms with Gasteiger partial charge in [-0.2, -0.15) is 0 Å². The van der Waals surface area contributed by atoms with Gasteiger partial charge in [-0.05, 0) is 39.5 Å². The van der Waals surface area contributed by atoms with Gasteiger partial charge < -0.3 is 14.0 Å². The third-order valence-electron chi connectivity index (χ3n) is 4.53. The first kappa shape index (κ1) is 15.0. The highest BCUT2D eigenvalue weighted by atomic mass is 16.5. The minimum atomic E-state index is 0.367. The molecule has 2 saturated heterocycles. The molecule has 0 spiro atoms. The van der Waals surface area contributed by atoms with Crippen molar-refractivity contribution in [3.05, 3.63) is 17.0 Å². The van der Waals surface area contributed by atoms with E-state index in [0.29, 0.717) is 12.2 Å². The normalized spacial score (nSPS) is 26.0. The lowest BCUT2D eigenvalue weighted by atomic mass is 10.1. The van der Waals surface area contributed by atoms with Gasteiger partial charge in [-0.1, -0.05) is 5.16 Å². The van der Waals surface area contributed by atoms with Crippen LogP contribution in [0.15, 0.2) is 4.52 Å². The van der Waals surface area contributed by atoms with Crippen molar-refractivity contribution in [3.8, 4) is 0 Å². The fourth-order valence-electron chi connectivity index (χ4n) is 3.31. The van der Waals surface area contributed by atoms with E-state index in [-0.39, 0.29) is 0 Å². The summed E-state index contributed by atoms with van der Waals surface area (Å²) in [6, 6.07) is 0. The van der Waals surface area contributed by atoms with Crippen LogP contribution >= 0.6 is 0 Å².